The predicted octanol–water partition coefficient (Wildman–Crippen LogP) is 3.93. The summed E-state index contributed by atoms with van der Waals surface area (Å²) in [5.74, 6) is 0.838. The predicted molar refractivity (Wildman–Crippen MR) is 77.0 cm³/mol. The van der Waals surface area contributed by atoms with E-state index >= 15 is 0 Å². The Morgan fingerprint density at radius 2 is 1.58 bits per heavy atom. The van der Waals surface area contributed by atoms with Gasteiger partial charge in [-0.3, -0.25) is 4.79 Å². The summed E-state index contributed by atoms with van der Waals surface area (Å²) >= 11 is 0. The number of carbonyl (C=O) groups excluding carboxylic acids is 1. The van der Waals surface area contributed by atoms with Crippen molar-refractivity contribution in [3.8, 4) is 5.75 Å². The molecule has 0 atom stereocenters. The minimum absolute atomic E-state index is 0.0474. The molecule has 2 aromatic rings. The summed E-state index contributed by atoms with van der Waals surface area (Å²) in [4.78, 5) is 12.3. The van der Waals surface area contributed by atoms with Crippen molar-refractivity contribution in [3.63, 3.8) is 0 Å². The number of hydrogen-bond donors (Lipinski definition) is 0. The second-order valence-electron chi connectivity index (χ2n) is 4.59. The van der Waals surface area contributed by atoms with Gasteiger partial charge in [0.25, 0.3) is 0 Å². The Hall–Kier alpha value is -2.09. The lowest BCUT2D eigenvalue weighted by atomic mass is 9.99. The Balaban J connectivity index is 2.25. The first-order chi connectivity index (χ1) is 9.11. The molecule has 98 valence electrons. The molecule has 0 fully saturated rings. The summed E-state index contributed by atoms with van der Waals surface area (Å²) < 4.78 is 5.37. The third-order valence-corrected chi connectivity index (χ3v) is 3.20. The summed E-state index contributed by atoms with van der Waals surface area (Å²) in [6.07, 6.45) is 0. The standard InChI is InChI=1S/C17H18O2/c1-4-19-16-9-7-14(8-10-16)17(18)15-6-5-12(2)13(3)11-15/h5-11H,4H2,1-3H3. The Morgan fingerprint density at radius 1 is 0.947 bits per heavy atom. The highest BCUT2D eigenvalue weighted by atomic mass is 16.5. The van der Waals surface area contributed by atoms with Crippen LogP contribution in [0.5, 0.6) is 5.75 Å². The number of rotatable bonds is 4. The summed E-state index contributed by atoms with van der Waals surface area (Å²) in [5.41, 5.74) is 3.75. The van der Waals surface area contributed by atoms with E-state index in [4.69, 9.17) is 4.74 Å². The van der Waals surface area contributed by atoms with Crippen LogP contribution in [0.4, 0.5) is 0 Å². The van der Waals surface area contributed by atoms with Gasteiger partial charge in [-0.2, -0.15) is 0 Å². The summed E-state index contributed by atoms with van der Waals surface area (Å²) in [6.45, 7) is 6.63. The first-order valence-corrected chi connectivity index (χ1v) is 6.46. The van der Waals surface area contributed by atoms with E-state index in [1.165, 1.54) is 5.56 Å². The number of aryl methyl sites for hydroxylation is 2. The Labute approximate surface area is 114 Å². The molecule has 0 heterocycles. The minimum atomic E-state index is 0.0474. The van der Waals surface area contributed by atoms with Crippen LogP contribution in [-0.4, -0.2) is 12.4 Å². The summed E-state index contributed by atoms with van der Waals surface area (Å²) in [7, 11) is 0. The maximum Gasteiger partial charge on any atom is 0.193 e. The van der Waals surface area contributed by atoms with E-state index in [-0.39, 0.29) is 5.78 Å². The van der Waals surface area contributed by atoms with E-state index in [2.05, 4.69) is 0 Å². The minimum Gasteiger partial charge on any atom is -0.494 e. The van der Waals surface area contributed by atoms with Crippen LogP contribution in [0.3, 0.4) is 0 Å². The fourth-order valence-electron chi connectivity index (χ4n) is 1.92. The fourth-order valence-corrected chi connectivity index (χ4v) is 1.92. The fraction of sp³-hybridized carbons (Fsp3) is 0.235. The average molecular weight is 254 g/mol. The van der Waals surface area contributed by atoms with Crippen molar-refractivity contribution in [1.29, 1.82) is 0 Å². The zero-order chi connectivity index (χ0) is 13.8. The normalized spacial score (nSPS) is 10.3. The molecule has 0 bridgehead atoms. The average Bonchev–Trinajstić information content (AvgIpc) is 2.42. The van der Waals surface area contributed by atoms with Crippen molar-refractivity contribution in [3.05, 3.63) is 64.7 Å². The quantitative estimate of drug-likeness (QED) is 0.773. The molecule has 2 rings (SSSR count). The van der Waals surface area contributed by atoms with Crippen LogP contribution in [-0.2, 0) is 0 Å². The summed E-state index contributed by atoms with van der Waals surface area (Å²) in [5, 5.41) is 0. The smallest absolute Gasteiger partial charge is 0.193 e. The molecular formula is C17H18O2. The number of ketones is 1. The lowest BCUT2D eigenvalue weighted by Crippen LogP contribution is -2.02. The molecule has 0 N–H and O–H groups in total. The second-order valence-corrected chi connectivity index (χ2v) is 4.59. The van der Waals surface area contributed by atoms with Gasteiger partial charge < -0.3 is 4.74 Å². The van der Waals surface area contributed by atoms with Crippen molar-refractivity contribution < 1.29 is 9.53 Å². The molecule has 0 aliphatic carbocycles. The second kappa shape index (κ2) is 5.70. The number of ether oxygens (including phenoxy) is 1. The van der Waals surface area contributed by atoms with Gasteiger partial charge in [0.2, 0.25) is 0 Å². The first kappa shape index (κ1) is 13.3. The van der Waals surface area contributed by atoms with E-state index in [9.17, 15) is 4.79 Å². The molecule has 19 heavy (non-hydrogen) atoms. The molecule has 0 aliphatic rings. The van der Waals surface area contributed by atoms with E-state index in [1.807, 2.05) is 63.2 Å². The molecule has 2 aromatic carbocycles. The lowest BCUT2D eigenvalue weighted by molar-refractivity contribution is 0.103. The van der Waals surface area contributed by atoms with E-state index in [0.29, 0.717) is 12.2 Å². The lowest BCUT2D eigenvalue weighted by Gasteiger charge is -2.06. The molecule has 2 nitrogen and oxygen atoms in total. The van der Waals surface area contributed by atoms with Gasteiger partial charge in [-0.25, -0.2) is 0 Å². The van der Waals surface area contributed by atoms with Crippen molar-refractivity contribution >= 4 is 5.78 Å². The molecule has 0 saturated heterocycles. The Kier molecular flexibility index (Phi) is 4.00. The third-order valence-electron chi connectivity index (χ3n) is 3.20. The SMILES string of the molecule is CCOc1ccc(C(=O)c2ccc(C)c(C)c2)cc1. The van der Waals surface area contributed by atoms with Crippen molar-refractivity contribution in [2.45, 2.75) is 20.8 Å². The van der Waals surface area contributed by atoms with Crippen molar-refractivity contribution in [2.24, 2.45) is 0 Å². The number of hydrogen-bond acceptors (Lipinski definition) is 2. The van der Waals surface area contributed by atoms with Gasteiger partial charge in [-0.15, -0.1) is 0 Å². The van der Waals surface area contributed by atoms with Crippen LogP contribution in [0.1, 0.15) is 34.0 Å². The summed E-state index contributed by atoms with van der Waals surface area (Å²) in [6, 6.07) is 13.1. The monoisotopic (exact) mass is 254 g/mol. The molecule has 0 unspecified atom stereocenters. The van der Waals surface area contributed by atoms with E-state index < -0.39 is 0 Å². The van der Waals surface area contributed by atoms with Gasteiger partial charge >= 0.3 is 0 Å². The van der Waals surface area contributed by atoms with E-state index in [1.54, 1.807) is 0 Å². The number of carbonyl (C=O) groups is 1. The van der Waals surface area contributed by atoms with Gasteiger partial charge in [0.1, 0.15) is 5.75 Å². The maximum atomic E-state index is 12.3. The highest BCUT2D eigenvalue weighted by Gasteiger charge is 2.09. The number of benzene rings is 2. The van der Waals surface area contributed by atoms with Crippen LogP contribution in [0.15, 0.2) is 42.5 Å². The van der Waals surface area contributed by atoms with Crippen LogP contribution >= 0.6 is 0 Å². The highest BCUT2D eigenvalue weighted by molar-refractivity contribution is 6.09. The zero-order valence-electron chi connectivity index (χ0n) is 11.6. The molecule has 0 aromatic heterocycles. The van der Waals surface area contributed by atoms with Gasteiger partial charge in [-0.05, 0) is 62.2 Å². The van der Waals surface area contributed by atoms with Gasteiger partial charge in [0, 0.05) is 11.1 Å². The third kappa shape index (κ3) is 3.02. The molecule has 0 saturated carbocycles. The molecule has 0 amide bonds. The Morgan fingerprint density at radius 3 is 2.16 bits per heavy atom. The molecule has 0 radical (unpaired) electrons. The van der Waals surface area contributed by atoms with Crippen LogP contribution in [0.2, 0.25) is 0 Å². The maximum absolute atomic E-state index is 12.3. The van der Waals surface area contributed by atoms with E-state index in [0.717, 1.165) is 16.9 Å². The largest absolute Gasteiger partial charge is 0.494 e. The zero-order valence-corrected chi connectivity index (χ0v) is 11.6. The van der Waals surface area contributed by atoms with Crippen molar-refractivity contribution in [1.82, 2.24) is 0 Å². The molecular weight excluding hydrogens is 236 g/mol. The van der Waals surface area contributed by atoms with Crippen LogP contribution < -0.4 is 4.74 Å². The molecule has 0 aliphatic heterocycles. The van der Waals surface area contributed by atoms with Crippen LogP contribution in [0.25, 0.3) is 0 Å². The van der Waals surface area contributed by atoms with Crippen molar-refractivity contribution in [2.75, 3.05) is 6.61 Å². The first-order valence-electron chi connectivity index (χ1n) is 6.46. The van der Waals surface area contributed by atoms with Gasteiger partial charge in [0.05, 0.1) is 6.61 Å². The van der Waals surface area contributed by atoms with Crippen LogP contribution in [0, 0.1) is 13.8 Å². The van der Waals surface area contributed by atoms with Gasteiger partial charge in [-0.1, -0.05) is 12.1 Å². The topological polar surface area (TPSA) is 26.3 Å². The molecule has 0 spiro atoms. The van der Waals surface area contributed by atoms with Gasteiger partial charge in [0.15, 0.2) is 5.78 Å². The highest BCUT2D eigenvalue weighted by Crippen LogP contribution is 2.17. The Bertz CT molecular complexity index is 583. The molecule has 2 heteroatoms.